The summed E-state index contributed by atoms with van der Waals surface area (Å²) in [5.74, 6) is -0.582. The van der Waals surface area contributed by atoms with Gasteiger partial charge < -0.3 is 14.4 Å². The Labute approximate surface area is 202 Å². The maximum atomic E-state index is 15.6. The van der Waals surface area contributed by atoms with Crippen LogP contribution in [-0.4, -0.2) is 48.1 Å². The molecule has 0 saturated heterocycles. The number of nitrogens with zero attached hydrogens (tertiary/aromatic N) is 3. The predicted octanol–water partition coefficient (Wildman–Crippen LogP) is 4.96. The van der Waals surface area contributed by atoms with Crippen molar-refractivity contribution in [1.82, 2.24) is 13.9 Å². The van der Waals surface area contributed by atoms with E-state index >= 15 is 4.39 Å². The second-order valence-corrected chi connectivity index (χ2v) is 10.6. The molecule has 8 nitrogen and oxygen atoms in total. The molecule has 0 aliphatic rings. The lowest BCUT2D eigenvalue weighted by Gasteiger charge is -2.30. The topological polar surface area (TPSA) is 90.7 Å². The van der Waals surface area contributed by atoms with Crippen molar-refractivity contribution in [3.05, 3.63) is 65.3 Å². The molecule has 1 aromatic carbocycles. The molecule has 0 aliphatic carbocycles. The normalized spacial score (nSPS) is 11.9. The van der Waals surface area contributed by atoms with Crippen LogP contribution in [0.3, 0.4) is 0 Å². The maximum Gasteiger partial charge on any atom is 0.410 e. The van der Waals surface area contributed by atoms with Gasteiger partial charge in [0, 0.05) is 42.2 Å². The van der Waals surface area contributed by atoms with E-state index in [0.717, 1.165) is 10.2 Å². The summed E-state index contributed by atoms with van der Waals surface area (Å²) in [4.78, 5) is 17.6. The molecule has 3 aromatic rings. The zero-order valence-electron chi connectivity index (χ0n) is 19.4. The van der Waals surface area contributed by atoms with Gasteiger partial charge in [-0.25, -0.2) is 26.6 Å². The van der Waals surface area contributed by atoms with E-state index in [4.69, 9.17) is 21.1 Å². The van der Waals surface area contributed by atoms with Crippen molar-refractivity contribution in [3.63, 3.8) is 0 Å². The fourth-order valence-electron chi connectivity index (χ4n) is 2.99. The molecule has 0 saturated carbocycles. The highest BCUT2D eigenvalue weighted by molar-refractivity contribution is 7.90. The van der Waals surface area contributed by atoms with Gasteiger partial charge >= 0.3 is 6.09 Å². The molecular formula is C23H25ClFN3O5S. The molecule has 3 rings (SSSR count). The minimum absolute atomic E-state index is 0.0672. The van der Waals surface area contributed by atoms with E-state index in [9.17, 15) is 13.2 Å². The van der Waals surface area contributed by atoms with Crippen LogP contribution in [0.15, 0.2) is 53.7 Å². The van der Waals surface area contributed by atoms with Gasteiger partial charge in [0.1, 0.15) is 23.2 Å². The third kappa shape index (κ3) is 5.02. The number of carbonyl (C=O) groups is 1. The Bertz CT molecular complexity index is 1320. The van der Waals surface area contributed by atoms with Crippen molar-refractivity contribution >= 4 is 27.7 Å². The molecule has 0 bridgehead atoms. The third-order valence-corrected chi connectivity index (χ3v) is 7.18. The number of hydrogen-bond acceptors (Lipinski definition) is 6. The Morgan fingerprint density at radius 1 is 1.24 bits per heavy atom. The lowest BCUT2D eigenvalue weighted by molar-refractivity contribution is 0.0753. The van der Waals surface area contributed by atoms with Crippen molar-refractivity contribution in [2.75, 3.05) is 14.2 Å². The molecule has 0 spiro atoms. The van der Waals surface area contributed by atoms with Gasteiger partial charge in [0.2, 0.25) is 0 Å². The molecule has 1 amide bonds. The second-order valence-electron chi connectivity index (χ2n) is 8.42. The van der Waals surface area contributed by atoms with Crippen LogP contribution in [0.1, 0.15) is 26.3 Å². The van der Waals surface area contributed by atoms with Crippen molar-refractivity contribution in [2.45, 2.75) is 37.8 Å². The van der Waals surface area contributed by atoms with Crippen LogP contribution in [0.2, 0.25) is 5.15 Å². The molecule has 2 heterocycles. The Morgan fingerprint density at radius 2 is 1.94 bits per heavy atom. The second kappa shape index (κ2) is 9.63. The van der Waals surface area contributed by atoms with Gasteiger partial charge in [-0.1, -0.05) is 17.7 Å². The minimum atomic E-state index is -4.29. The largest absolute Gasteiger partial charge is 0.497 e. The fraction of sp³-hybridized carbons (Fsp3) is 0.304. The molecule has 11 heteroatoms. The Hall–Kier alpha value is -3.11. The number of rotatable bonds is 6. The summed E-state index contributed by atoms with van der Waals surface area (Å²) >= 11 is 6.18. The first-order valence-electron chi connectivity index (χ1n) is 10.2. The van der Waals surface area contributed by atoms with Gasteiger partial charge in [0.15, 0.2) is 5.82 Å². The quantitative estimate of drug-likeness (QED) is 0.436. The SMILES string of the molecule is COc1cccc(S(=O)(=O)n2cc(COC(=O)N(C)C(C)(C)C)c(F)c2-c2cccnc2Cl)c1. The molecule has 0 aliphatic heterocycles. The first-order valence-corrected chi connectivity index (χ1v) is 12.0. The summed E-state index contributed by atoms with van der Waals surface area (Å²) in [5.41, 5.74) is -0.920. The zero-order valence-corrected chi connectivity index (χ0v) is 20.9. The standard InChI is InChI=1S/C23H25ClFN3O5S/c1-23(2,3)27(4)22(29)33-14-15-13-28(20(19(15)25)18-10-7-11-26-21(18)24)34(30,31)17-9-6-8-16(12-17)32-5/h6-13H,14H2,1-5H3. The van der Waals surface area contributed by atoms with Crippen LogP contribution in [0.4, 0.5) is 9.18 Å². The number of aromatic nitrogens is 2. The van der Waals surface area contributed by atoms with Crippen molar-refractivity contribution in [2.24, 2.45) is 0 Å². The number of halogens is 2. The summed E-state index contributed by atoms with van der Waals surface area (Å²) < 4.78 is 53.8. The van der Waals surface area contributed by atoms with Crippen molar-refractivity contribution in [1.29, 1.82) is 0 Å². The van der Waals surface area contributed by atoms with Crippen LogP contribution in [0.5, 0.6) is 5.75 Å². The minimum Gasteiger partial charge on any atom is -0.497 e. The lowest BCUT2D eigenvalue weighted by atomic mass is 10.1. The smallest absolute Gasteiger partial charge is 0.410 e. The fourth-order valence-corrected chi connectivity index (χ4v) is 4.62. The summed E-state index contributed by atoms with van der Waals surface area (Å²) in [6.07, 6.45) is 1.79. The monoisotopic (exact) mass is 509 g/mol. The molecule has 34 heavy (non-hydrogen) atoms. The van der Waals surface area contributed by atoms with Crippen molar-refractivity contribution < 1.29 is 27.1 Å². The summed E-state index contributed by atoms with van der Waals surface area (Å²) in [7, 11) is -1.33. The van der Waals surface area contributed by atoms with Crippen LogP contribution >= 0.6 is 11.6 Å². The number of carbonyl (C=O) groups excluding carboxylic acids is 1. The molecule has 0 fully saturated rings. The average Bonchev–Trinajstić information content (AvgIpc) is 3.13. The predicted molar refractivity (Wildman–Crippen MR) is 126 cm³/mol. The van der Waals surface area contributed by atoms with Crippen LogP contribution < -0.4 is 4.74 Å². The molecule has 0 N–H and O–H groups in total. The van der Waals surface area contributed by atoms with Crippen LogP contribution in [-0.2, 0) is 21.4 Å². The van der Waals surface area contributed by atoms with Gasteiger partial charge in [-0.2, -0.15) is 0 Å². The van der Waals surface area contributed by atoms with E-state index in [0.29, 0.717) is 5.75 Å². The Kier molecular flexibility index (Phi) is 7.23. The number of amides is 1. The van der Waals surface area contributed by atoms with Gasteiger partial charge in [-0.05, 0) is 45.0 Å². The summed E-state index contributed by atoms with van der Waals surface area (Å²) in [5, 5.41) is -0.0856. The van der Waals surface area contributed by atoms with Crippen molar-refractivity contribution in [3.8, 4) is 17.0 Å². The van der Waals surface area contributed by atoms with E-state index in [1.165, 1.54) is 48.5 Å². The molecule has 0 unspecified atom stereocenters. The average molecular weight is 510 g/mol. The van der Waals surface area contributed by atoms with E-state index in [2.05, 4.69) is 4.98 Å². The number of pyridine rings is 1. The summed E-state index contributed by atoms with van der Waals surface area (Å²) in [6.45, 7) is 4.95. The summed E-state index contributed by atoms with van der Waals surface area (Å²) in [6, 6.07) is 8.74. The molecule has 182 valence electrons. The van der Waals surface area contributed by atoms with E-state index < -0.39 is 34.1 Å². The first kappa shape index (κ1) is 25.5. The zero-order chi connectivity index (χ0) is 25.3. The van der Waals surface area contributed by atoms with Gasteiger partial charge in [-0.3, -0.25) is 0 Å². The van der Waals surface area contributed by atoms with Crippen LogP contribution in [0.25, 0.3) is 11.3 Å². The van der Waals surface area contributed by atoms with Gasteiger partial charge in [0.05, 0.1) is 12.0 Å². The van der Waals surface area contributed by atoms with Gasteiger partial charge in [0.25, 0.3) is 10.0 Å². The Balaban J connectivity index is 2.12. The first-order chi connectivity index (χ1) is 15.9. The number of benzene rings is 1. The Morgan fingerprint density at radius 3 is 2.56 bits per heavy atom. The highest BCUT2D eigenvalue weighted by atomic mass is 35.5. The molecule has 0 radical (unpaired) electrons. The van der Waals surface area contributed by atoms with Gasteiger partial charge in [-0.15, -0.1) is 0 Å². The third-order valence-electron chi connectivity index (χ3n) is 5.23. The highest BCUT2D eigenvalue weighted by Crippen LogP contribution is 2.34. The van der Waals surface area contributed by atoms with E-state index in [1.807, 2.05) is 20.8 Å². The number of ether oxygens (including phenoxy) is 2. The van der Waals surface area contributed by atoms with Crippen LogP contribution in [0, 0.1) is 5.82 Å². The number of methoxy groups -OCH3 is 1. The van der Waals surface area contributed by atoms with E-state index in [1.54, 1.807) is 13.1 Å². The highest BCUT2D eigenvalue weighted by Gasteiger charge is 2.30. The van der Waals surface area contributed by atoms with E-state index in [-0.39, 0.29) is 26.9 Å². The number of hydrogen-bond donors (Lipinski definition) is 0. The molecule has 0 atom stereocenters. The lowest BCUT2D eigenvalue weighted by Crippen LogP contribution is -2.42. The molecular weight excluding hydrogens is 485 g/mol. The maximum absolute atomic E-state index is 15.6. The molecule has 2 aromatic heterocycles.